The Morgan fingerprint density at radius 2 is 1.67 bits per heavy atom. The lowest BCUT2D eigenvalue weighted by Gasteiger charge is -2.37. The number of hydrogen-bond donors (Lipinski definition) is 0. The van der Waals surface area contributed by atoms with E-state index in [2.05, 4.69) is 0 Å². The monoisotopic (exact) mass is 204 g/mol. The van der Waals surface area contributed by atoms with Gasteiger partial charge in [0.25, 0.3) is 0 Å². The van der Waals surface area contributed by atoms with Gasteiger partial charge in [0.05, 0.1) is 5.60 Å². The van der Waals surface area contributed by atoms with Gasteiger partial charge in [-0.3, -0.25) is 0 Å². The van der Waals surface area contributed by atoms with Crippen molar-refractivity contribution in [3.63, 3.8) is 0 Å². The van der Waals surface area contributed by atoms with Crippen LogP contribution >= 0.6 is 0 Å². The molecule has 15 heavy (non-hydrogen) atoms. The van der Waals surface area contributed by atoms with Gasteiger partial charge < -0.3 is 4.74 Å². The summed E-state index contributed by atoms with van der Waals surface area (Å²) in [4.78, 5) is 0. The lowest BCUT2D eigenvalue weighted by molar-refractivity contribution is -0.00822. The molecule has 1 fully saturated rings. The predicted octanol–water partition coefficient (Wildman–Crippen LogP) is 2.70. The van der Waals surface area contributed by atoms with E-state index in [0.29, 0.717) is 0 Å². The second kappa shape index (κ2) is 4.96. The van der Waals surface area contributed by atoms with E-state index < -0.39 is 0 Å². The van der Waals surface area contributed by atoms with Crippen molar-refractivity contribution in [2.45, 2.75) is 44.6 Å². The van der Waals surface area contributed by atoms with Gasteiger partial charge in [-0.1, -0.05) is 19.3 Å². The number of rotatable bonds is 2. The van der Waals surface area contributed by atoms with Crippen molar-refractivity contribution in [3.8, 4) is 12.1 Å². The molecule has 0 aromatic heterocycles. The van der Waals surface area contributed by atoms with Crippen molar-refractivity contribution >= 4 is 0 Å². The van der Waals surface area contributed by atoms with Crippen LogP contribution in [0.2, 0.25) is 0 Å². The van der Waals surface area contributed by atoms with Crippen LogP contribution in [0.25, 0.3) is 0 Å². The Morgan fingerprint density at radius 1 is 1.13 bits per heavy atom. The highest BCUT2D eigenvalue weighted by molar-refractivity contribution is 5.43. The molecule has 1 rings (SSSR count). The standard InChI is InChI=1S/C12H16N2O/c1-10(11(8-13)9-14)12(15-2)6-4-3-5-7-12/h3-7H2,1-2H3. The van der Waals surface area contributed by atoms with Crippen molar-refractivity contribution in [1.29, 1.82) is 10.5 Å². The molecule has 80 valence electrons. The summed E-state index contributed by atoms with van der Waals surface area (Å²) in [5, 5.41) is 17.7. The third-order valence-corrected chi connectivity index (χ3v) is 3.33. The van der Waals surface area contributed by atoms with Crippen LogP contribution in [-0.2, 0) is 4.74 Å². The van der Waals surface area contributed by atoms with Crippen molar-refractivity contribution in [1.82, 2.24) is 0 Å². The molecule has 3 heteroatoms. The molecule has 0 aliphatic heterocycles. The van der Waals surface area contributed by atoms with Gasteiger partial charge in [0.1, 0.15) is 17.7 Å². The molecule has 0 amide bonds. The van der Waals surface area contributed by atoms with E-state index in [1.54, 1.807) is 7.11 Å². The highest BCUT2D eigenvalue weighted by Crippen LogP contribution is 2.38. The molecule has 0 spiro atoms. The summed E-state index contributed by atoms with van der Waals surface area (Å²) in [6.07, 6.45) is 5.27. The first kappa shape index (κ1) is 11.8. The normalized spacial score (nSPS) is 18.7. The average Bonchev–Trinajstić information content (AvgIpc) is 2.31. The zero-order valence-corrected chi connectivity index (χ0v) is 9.34. The van der Waals surface area contributed by atoms with Gasteiger partial charge in [-0.25, -0.2) is 0 Å². The first-order valence-electron chi connectivity index (χ1n) is 5.27. The second-order valence-corrected chi connectivity index (χ2v) is 3.98. The van der Waals surface area contributed by atoms with Gasteiger partial charge in [0.15, 0.2) is 0 Å². The van der Waals surface area contributed by atoms with E-state index >= 15 is 0 Å². The van der Waals surface area contributed by atoms with E-state index in [-0.39, 0.29) is 11.2 Å². The van der Waals surface area contributed by atoms with Gasteiger partial charge in [0.2, 0.25) is 0 Å². The highest BCUT2D eigenvalue weighted by atomic mass is 16.5. The van der Waals surface area contributed by atoms with Crippen molar-refractivity contribution in [2.24, 2.45) is 0 Å². The molecule has 0 radical (unpaired) electrons. The van der Waals surface area contributed by atoms with E-state index in [1.165, 1.54) is 6.42 Å². The lowest BCUT2D eigenvalue weighted by Crippen LogP contribution is -2.35. The SMILES string of the molecule is COC1(C(C)=C(C#N)C#N)CCCCC1. The van der Waals surface area contributed by atoms with Gasteiger partial charge in [-0.15, -0.1) is 0 Å². The van der Waals surface area contributed by atoms with Crippen LogP contribution in [0.5, 0.6) is 0 Å². The Bertz CT molecular complexity index is 322. The molecule has 0 heterocycles. The van der Waals surface area contributed by atoms with E-state index in [4.69, 9.17) is 15.3 Å². The fourth-order valence-electron chi connectivity index (χ4n) is 2.28. The number of ether oxygens (including phenoxy) is 1. The molecule has 1 aliphatic carbocycles. The zero-order valence-electron chi connectivity index (χ0n) is 9.34. The average molecular weight is 204 g/mol. The Hall–Kier alpha value is -1.32. The summed E-state index contributed by atoms with van der Waals surface area (Å²) in [5.41, 5.74) is 0.646. The number of nitriles is 2. The predicted molar refractivity (Wildman–Crippen MR) is 56.8 cm³/mol. The third kappa shape index (κ3) is 2.19. The molecule has 0 saturated heterocycles. The number of methoxy groups -OCH3 is 1. The molecular formula is C12H16N2O. The molecule has 1 aliphatic rings. The van der Waals surface area contributed by atoms with E-state index in [1.807, 2.05) is 19.1 Å². The summed E-state index contributed by atoms with van der Waals surface area (Å²) in [5.74, 6) is 0. The molecule has 0 N–H and O–H groups in total. The zero-order chi connectivity index (χ0) is 11.3. The first-order chi connectivity index (χ1) is 7.20. The fraction of sp³-hybridized carbons (Fsp3) is 0.667. The van der Waals surface area contributed by atoms with E-state index in [0.717, 1.165) is 31.3 Å². The number of hydrogen-bond acceptors (Lipinski definition) is 3. The van der Waals surface area contributed by atoms with Gasteiger partial charge >= 0.3 is 0 Å². The topological polar surface area (TPSA) is 56.8 Å². The largest absolute Gasteiger partial charge is 0.374 e. The molecule has 0 bridgehead atoms. The van der Waals surface area contributed by atoms with Crippen molar-refractivity contribution < 1.29 is 4.74 Å². The Balaban J connectivity index is 3.06. The van der Waals surface area contributed by atoms with Crippen molar-refractivity contribution in [3.05, 3.63) is 11.1 Å². The minimum atomic E-state index is -0.362. The molecule has 1 saturated carbocycles. The van der Waals surface area contributed by atoms with Crippen LogP contribution in [0.1, 0.15) is 39.0 Å². The molecule has 3 nitrogen and oxygen atoms in total. The quantitative estimate of drug-likeness (QED) is 0.650. The fourth-order valence-corrected chi connectivity index (χ4v) is 2.28. The summed E-state index contributed by atoms with van der Waals surface area (Å²) in [6, 6.07) is 3.89. The molecule has 0 aromatic rings. The minimum absolute atomic E-state index is 0.207. The minimum Gasteiger partial charge on any atom is -0.374 e. The molecule has 0 atom stereocenters. The van der Waals surface area contributed by atoms with Gasteiger partial charge in [-0.2, -0.15) is 10.5 Å². The number of allylic oxidation sites excluding steroid dienone is 1. The van der Waals surface area contributed by atoms with Crippen LogP contribution in [-0.4, -0.2) is 12.7 Å². The summed E-state index contributed by atoms with van der Waals surface area (Å²) < 4.78 is 5.57. The highest BCUT2D eigenvalue weighted by Gasteiger charge is 2.35. The maximum Gasteiger partial charge on any atom is 0.131 e. The Morgan fingerprint density at radius 3 is 2.07 bits per heavy atom. The van der Waals surface area contributed by atoms with Crippen LogP contribution in [0.3, 0.4) is 0 Å². The molecule has 0 aromatic carbocycles. The molecule has 0 unspecified atom stereocenters. The maximum absolute atomic E-state index is 8.85. The van der Waals surface area contributed by atoms with E-state index in [9.17, 15) is 0 Å². The van der Waals surface area contributed by atoms with Crippen LogP contribution in [0.4, 0.5) is 0 Å². The summed E-state index contributed by atoms with van der Waals surface area (Å²) >= 11 is 0. The third-order valence-electron chi connectivity index (χ3n) is 3.33. The molecular weight excluding hydrogens is 188 g/mol. The van der Waals surface area contributed by atoms with Gasteiger partial charge in [0, 0.05) is 7.11 Å². The number of nitrogens with zero attached hydrogens (tertiary/aromatic N) is 2. The smallest absolute Gasteiger partial charge is 0.131 e. The van der Waals surface area contributed by atoms with Gasteiger partial charge in [-0.05, 0) is 25.3 Å². The summed E-state index contributed by atoms with van der Waals surface area (Å²) in [7, 11) is 1.67. The van der Waals surface area contributed by atoms with Crippen LogP contribution < -0.4 is 0 Å². The first-order valence-corrected chi connectivity index (χ1v) is 5.27. The lowest BCUT2D eigenvalue weighted by atomic mass is 9.78. The second-order valence-electron chi connectivity index (χ2n) is 3.98. The summed E-state index contributed by atoms with van der Waals surface area (Å²) in [6.45, 7) is 1.84. The van der Waals surface area contributed by atoms with Crippen LogP contribution in [0.15, 0.2) is 11.1 Å². The Kier molecular flexibility index (Phi) is 3.88. The maximum atomic E-state index is 8.85. The van der Waals surface area contributed by atoms with Crippen molar-refractivity contribution in [2.75, 3.05) is 7.11 Å². The van der Waals surface area contributed by atoms with Crippen LogP contribution in [0, 0.1) is 22.7 Å². The Labute approximate surface area is 91.0 Å².